The lowest BCUT2D eigenvalue weighted by molar-refractivity contribution is -0.142. The van der Waals surface area contributed by atoms with Crippen molar-refractivity contribution in [3.8, 4) is 0 Å². The fraction of sp³-hybridized carbons (Fsp3) is 0.750. The lowest BCUT2D eigenvalue weighted by atomic mass is 9.82. The standard InChI is InChI=1S/C16H25N3O5/c1-10(2)8-11(13(21)22)17-12(20)9-19-14(23)16(18-15(19)24)6-4-3-5-7-16/h10-11H,3-9H2,1-2H3,(H,17,20)(H,18,24)(H,21,22)/t11-/m1/s1. The summed E-state index contributed by atoms with van der Waals surface area (Å²) in [6, 6.07) is -1.60. The first kappa shape index (κ1) is 18.2. The summed E-state index contributed by atoms with van der Waals surface area (Å²) in [5.41, 5.74) is -0.875. The van der Waals surface area contributed by atoms with Crippen molar-refractivity contribution in [3.63, 3.8) is 0 Å². The molecule has 0 aromatic rings. The second-order valence-electron chi connectivity index (χ2n) is 7.05. The number of nitrogens with zero attached hydrogens (tertiary/aromatic N) is 1. The summed E-state index contributed by atoms with van der Waals surface area (Å²) in [6.45, 7) is 3.26. The molecule has 0 bridgehead atoms. The molecule has 1 saturated carbocycles. The van der Waals surface area contributed by atoms with Gasteiger partial charge in [-0.1, -0.05) is 33.1 Å². The van der Waals surface area contributed by atoms with Crippen LogP contribution in [0, 0.1) is 5.92 Å². The number of urea groups is 1. The molecule has 1 saturated heterocycles. The Bertz CT molecular complexity index is 540. The highest BCUT2D eigenvalue weighted by Crippen LogP contribution is 2.33. The lowest BCUT2D eigenvalue weighted by Crippen LogP contribution is -2.50. The van der Waals surface area contributed by atoms with E-state index in [9.17, 15) is 19.2 Å². The van der Waals surface area contributed by atoms with Crippen molar-refractivity contribution in [1.29, 1.82) is 0 Å². The van der Waals surface area contributed by atoms with Gasteiger partial charge in [0, 0.05) is 0 Å². The highest BCUT2D eigenvalue weighted by Gasteiger charge is 2.51. The average Bonchev–Trinajstić information content (AvgIpc) is 2.71. The Kier molecular flexibility index (Phi) is 5.46. The molecule has 1 atom stereocenters. The maximum absolute atomic E-state index is 12.6. The van der Waals surface area contributed by atoms with E-state index in [4.69, 9.17) is 5.11 Å². The molecule has 1 spiro atoms. The molecule has 8 nitrogen and oxygen atoms in total. The fourth-order valence-corrected chi connectivity index (χ4v) is 3.39. The summed E-state index contributed by atoms with van der Waals surface area (Å²) < 4.78 is 0. The predicted molar refractivity (Wildman–Crippen MR) is 85.1 cm³/mol. The van der Waals surface area contributed by atoms with Crippen molar-refractivity contribution in [2.45, 2.75) is 64.0 Å². The minimum Gasteiger partial charge on any atom is -0.480 e. The first-order valence-electron chi connectivity index (χ1n) is 8.41. The summed E-state index contributed by atoms with van der Waals surface area (Å²) in [5, 5.41) is 14.3. The third-order valence-corrected chi connectivity index (χ3v) is 4.60. The van der Waals surface area contributed by atoms with Crippen LogP contribution in [0.1, 0.15) is 52.4 Å². The van der Waals surface area contributed by atoms with Gasteiger partial charge in [0.2, 0.25) is 5.91 Å². The summed E-state index contributed by atoms with van der Waals surface area (Å²) >= 11 is 0. The van der Waals surface area contributed by atoms with Crippen LogP contribution < -0.4 is 10.6 Å². The lowest BCUT2D eigenvalue weighted by Gasteiger charge is -2.30. The van der Waals surface area contributed by atoms with E-state index < -0.39 is 36.0 Å². The molecule has 2 fully saturated rings. The molecule has 2 rings (SSSR count). The number of imide groups is 1. The van der Waals surface area contributed by atoms with E-state index in [2.05, 4.69) is 10.6 Å². The van der Waals surface area contributed by atoms with E-state index in [1.54, 1.807) is 0 Å². The van der Waals surface area contributed by atoms with E-state index in [1.165, 1.54) is 0 Å². The zero-order valence-electron chi connectivity index (χ0n) is 14.1. The van der Waals surface area contributed by atoms with Gasteiger partial charge < -0.3 is 15.7 Å². The molecule has 0 aromatic carbocycles. The van der Waals surface area contributed by atoms with Crippen LogP contribution in [0.3, 0.4) is 0 Å². The molecule has 1 heterocycles. The van der Waals surface area contributed by atoms with Crippen LogP contribution in [0.25, 0.3) is 0 Å². The summed E-state index contributed by atoms with van der Waals surface area (Å²) in [5.74, 6) is -2.05. The van der Waals surface area contributed by atoms with Crippen molar-refractivity contribution < 1.29 is 24.3 Å². The van der Waals surface area contributed by atoms with Crippen LogP contribution in [-0.4, -0.2) is 51.9 Å². The van der Waals surface area contributed by atoms with Crippen LogP contribution in [0.15, 0.2) is 0 Å². The van der Waals surface area contributed by atoms with Crippen LogP contribution >= 0.6 is 0 Å². The van der Waals surface area contributed by atoms with Crippen molar-refractivity contribution in [2.75, 3.05) is 6.54 Å². The van der Waals surface area contributed by atoms with Gasteiger partial charge in [-0.3, -0.25) is 14.5 Å². The molecule has 2 aliphatic rings. The van der Waals surface area contributed by atoms with Crippen molar-refractivity contribution in [1.82, 2.24) is 15.5 Å². The number of carboxylic acid groups (broad SMARTS) is 1. The average molecular weight is 339 g/mol. The number of hydrogen-bond acceptors (Lipinski definition) is 4. The van der Waals surface area contributed by atoms with Gasteiger partial charge >= 0.3 is 12.0 Å². The van der Waals surface area contributed by atoms with Crippen molar-refractivity contribution in [2.24, 2.45) is 5.92 Å². The number of amides is 4. The molecule has 8 heteroatoms. The van der Waals surface area contributed by atoms with Crippen LogP contribution in [0.2, 0.25) is 0 Å². The number of hydrogen-bond donors (Lipinski definition) is 3. The van der Waals surface area contributed by atoms with Gasteiger partial charge in [-0.05, 0) is 25.2 Å². The number of nitrogens with one attached hydrogen (secondary N) is 2. The molecule has 4 amide bonds. The monoisotopic (exact) mass is 339 g/mol. The van der Waals surface area contributed by atoms with E-state index in [0.29, 0.717) is 12.8 Å². The van der Waals surface area contributed by atoms with Gasteiger partial charge in [0.1, 0.15) is 18.1 Å². The Hall–Kier alpha value is -2.12. The number of carbonyl (C=O) groups is 4. The van der Waals surface area contributed by atoms with E-state index >= 15 is 0 Å². The normalized spacial score (nSPS) is 21.0. The van der Waals surface area contributed by atoms with Gasteiger partial charge in [-0.15, -0.1) is 0 Å². The van der Waals surface area contributed by atoms with E-state index in [-0.39, 0.29) is 18.2 Å². The highest BCUT2D eigenvalue weighted by atomic mass is 16.4. The molecule has 0 radical (unpaired) electrons. The predicted octanol–water partition coefficient (Wildman–Crippen LogP) is 0.857. The molecule has 24 heavy (non-hydrogen) atoms. The molecule has 3 N–H and O–H groups in total. The van der Waals surface area contributed by atoms with Gasteiger partial charge in [-0.25, -0.2) is 9.59 Å². The van der Waals surface area contributed by atoms with Gasteiger partial charge in [-0.2, -0.15) is 0 Å². The molecule has 0 unspecified atom stereocenters. The van der Waals surface area contributed by atoms with Crippen LogP contribution in [-0.2, 0) is 14.4 Å². The quantitative estimate of drug-likeness (QED) is 0.621. The van der Waals surface area contributed by atoms with E-state index in [0.717, 1.165) is 24.2 Å². The first-order valence-corrected chi connectivity index (χ1v) is 8.41. The SMILES string of the molecule is CC(C)C[C@@H](NC(=O)CN1C(=O)NC2(CCCCC2)C1=O)C(=O)O. The fourth-order valence-electron chi connectivity index (χ4n) is 3.39. The Labute approximate surface area is 141 Å². The smallest absolute Gasteiger partial charge is 0.326 e. The largest absolute Gasteiger partial charge is 0.480 e. The second kappa shape index (κ2) is 7.19. The van der Waals surface area contributed by atoms with Crippen LogP contribution in [0.5, 0.6) is 0 Å². The number of aliphatic carboxylic acids is 1. The zero-order chi connectivity index (χ0) is 17.9. The minimum absolute atomic E-state index is 0.0913. The van der Waals surface area contributed by atoms with Crippen LogP contribution in [0.4, 0.5) is 4.79 Å². The van der Waals surface area contributed by atoms with Gasteiger partial charge in [0.05, 0.1) is 0 Å². The topological polar surface area (TPSA) is 116 Å². The van der Waals surface area contributed by atoms with E-state index in [1.807, 2.05) is 13.8 Å². The molecule has 1 aliphatic carbocycles. The Morgan fingerprint density at radius 1 is 1.25 bits per heavy atom. The first-order chi connectivity index (χ1) is 11.2. The maximum atomic E-state index is 12.6. The Morgan fingerprint density at radius 2 is 1.88 bits per heavy atom. The third kappa shape index (κ3) is 3.85. The van der Waals surface area contributed by atoms with Crippen molar-refractivity contribution in [3.05, 3.63) is 0 Å². The summed E-state index contributed by atoms with van der Waals surface area (Å²) in [7, 11) is 0. The second-order valence-corrected chi connectivity index (χ2v) is 7.05. The summed E-state index contributed by atoms with van der Waals surface area (Å²) in [4.78, 5) is 48.9. The molecular weight excluding hydrogens is 314 g/mol. The Balaban J connectivity index is 1.99. The van der Waals surface area contributed by atoms with Gasteiger partial charge in [0.15, 0.2) is 0 Å². The molecule has 134 valence electrons. The van der Waals surface area contributed by atoms with Crippen molar-refractivity contribution >= 4 is 23.8 Å². The number of carbonyl (C=O) groups excluding carboxylic acids is 3. The highest BCUT2D eigenvalue weighted by molar-refractivity contribution is 6.09. The Morgan fingerprint density at radius 3 is 2.42 bits per heavy atom. The zero-order valence-corrected chi connectivity index (χ0v) is 14.1. The minimum atomic E-state index is -1.13. The number of carboxylic acids is 1. The molecular formula is C16H25N3O5. The maximum Gasteiger partial charge on any atom is 0.326 e. The summed E-state index contributed by atoms with van der Waals surface area (Å²) in [6.07, 6.45) is 4.21. The number of rotatable bonds is 6. The molecule has 0 aromatic heterocycles. The third-order valence-electron chi connectivity index (χ3n) is 4.60. The van der Waals surface area contributed by atoms with Gasteiger partial charge in [0.25, 0.3) is 5.91 Å². The molecule has 1 aliphatic heterocycles.